The fourth-order valence-electron chi connectivity index (χ4n) is 5.17. The largest absolute Gasteiger partial charge is 0.390 e. The van der Waals surface area contributed by atoms with Crippen molar-refractivity contribution in [3.63, 3.8) is 0 Å². The zero-order chi connectivity index (χ0) is 12.7. The molecule has 0 bridgehead atoms. The van der Waals surface area contributed by atoms with Crippen LogP contribution in [0.1, 0.15) is 59.8 Å². The van der Waals surface area contributed by atoms with Gasteiger partial charge in [0, 0.05) is 12.8 Å². The average molecular weight is 236 g/mol. The van der Waals surface area contributed by atoms with Gasteiger partial charge < -0.3 is 5.11 Å². The van der Waals surface area contributed by atoms with Crippen molar-refractivity contribution in [2.75, 3.05) is 0 Å². The number of Topliss-reactive ketones (excluding diaryl/α,β-unsaturated/α-hetero) is 1. The van der Waals surface area contributed by atoms with E-state index in [4.69, 9.17) is 0 Å². The van der Waals surface area contributed by atoms with E-state index in [1.54, 1.807) is 0 Å². The molecule has 0 aromatic carbocycles. The lowest BCUT2D eigenvalue weighted by atomic mass is 9.59. The summed E-state index contributed by atoms with van der Waals surface area (Å²) < 4.78 is 0. The quantitative estimate of drug-likeness (QED) is 0.760. The van der Waals surface area contributed by atoms with Crippen LogP contribution in [0.2, 0.25) is 0 Å². The maximum Gasteiger partial charge on any atom is 0.134 e. The van der Waals surface area contributed by atoms with E-state index in [2.05, 4.69) is 20.8 Å². The molecule has 0 amide bonds. The van der Waals surface area contributed by atoms with Gasteiger partial charge in [0.2, 0.25) is 0 Å². The lowest BCUT2D eigenvalue weighted by molar-refractivity contribution is -0.118. The van der Waals surface area contributed by atoms with Crippen molar-refractivity contribution in [1.29, 1.82) is 0 Å². The van der Waals surface area contributed by atoms with Crippen LogP contribution < -0.4 is 0 Å². The molecule has 0 heterocycles. The zero-order valence-electron chi connectivity index (χ0n) is 11.5. The van der Waals surface area contributed by atoms with E-state index >= 15 is 0 Å². The van der Waals surface area contributed by atoms with Crippen molar-refractivity contribution in [3.05, 3.63) is 0 Å². The zero-order valence-corrected chi connectivity index (χ0v) is 11.5. The molecule has 4 unspecified atom stereocenters. The van der Waals surface area contributed by atoms with Crippen molar-refractivity contribution < 1.29 is 9.90 Å². The van der Waals surface area contributed by atoms with Gasteiger partial charge in [-0.2, -0.15) is 0 Å². The predicted molar refractivity (Wildman–Crippen MR) is 66.5 cm³/mol. The molecule has 3 aliphatic rings. The minimum atomic E-state index is -0.481. The number of hydrogen-bond acceptors (Lipinski definition) is 2. The minimum Gasteiger partial charge on any atom is -0.390 e. The molecule has 2 heteroatoms. The van der Waals surface area contributed by atoms with E-state index in [-0.39, 0.29) is 16.2 Å². The van der Waals surface area contributed by atoms with Crippen LogP contribution in [0, 0.1) is 22.2 Å². The fraction of sp³-hybridized carbons (Fsp3) is 0.933. The minimum absolute atomic E-state index is 0.0965. The molecule has 0 aromatic heterocycles. The third kappa shape index (κ3) is 1.18. The summed E-state index contributed by atoms with van der Waals surface area (Å²) in [4.78, 5) is 11.9. The van der Waals surface area contributed by atoms with Gasteiger partial charge in [0.15, 0.2) is 0 Å². The summed E-state index contributed by atoms with van der Waals surface area (Å²) in [5, 5.41) is 10.4. The Hall–Kier alpha value is -0.370. The van der Waals surface area contributed by atoms with Crippen LogP contribution in [0.5, 0.6) is 0 Å². The van der Waals surface area contributed by atoms with Crippen LogP contribution in [-0.4, -0.2) is 16.5 Å². The normalized spacial score (nSPS) is 56.1. The molecule has 0 aromatic rings. The summed E-state index contributed by atoms with van der Waals surface area (Å²) in [5.41, 5.74) is -0.0294. The topological polar surface area (TPSA) is 37.3 Å². The van der Waals surface area contributed by atoms with E-state index < -0.39 is 5.60 Å². The number of hydrogen-bond donors (Lipinski definition) is 1. The smallest absolute Gasteiger partial charge is 0.134 e. The Labute approximate surface area is 104 Å². The summed E-state index contributed by atoms with van der Waals surface area (Å²) in [6, 6.07) is 0. The van der Waals surface area contributed by atoms with E-state index in [1.807, 2.05) is 6.92 Å². The first kappa shape index (κ1) is 11.7. The van der Waals surface area contributed by atoms with Gasteiger partial charge in [-0.25, -0.2) is 0 Å². The second-order valence-electron chi connectivity index (χ2n) is 7.88. The molecule has 96 valence electrons. The van der Waals surface area contributed by atoms with Gasteiger partial charge >= 0.3 is 0 Å². The van der Waals surface area contributed by atoms with E-state index in [9.17, 15) is 9.90 Å². The molecule has 3 rings (SSSR count). The molecular weight excluding hydrogens is 212 g/mol. The molecule has 3 aliphatic carbocycles. The molecule has 17 heavy (non-hydrogen) atoms. The molecule has 0 radical (unpaired) electrons. The average Bonchev–Trinajstić information content (AvgIpc) is 2.78. The maximum absolute atomic E-state index is 11.9. The molecule has 1 N–H and O–H groups in total. The van der Waals surface area contributed by atoms with Crippen LogP contribution in [0.25, 0.3) is 0 Å². The Bertz CT molecular complexity index is 396. The Morgan fingerprint density at radius 1 is 1.12 bits per heavy atom. The summed E-state index contributed by atoms with van der Waals surface area (Å²) in [7, 11) is 0. The lowest BCUT2D eigenvalue weighted by Gasteiger charge is -2.44. The van der Waals surface area contributed by atoms with Gasteiger partial charge in [0.1, 0.15) is 5.78 Å². The first-order chi connectivity index (χ1) is 7.65. The Morgan fingerprint density at radius 3 is 2.12 bits per heavy atom. The van der Waals surface area contributed by atoms with Gasteiger partial charge in [-0.15, -0.1) is 0 Å². The molecule has 4 atom stereocenters. The number of aliphatic hydroxyl groups is 1. The molecular formula is C15H24O2. The molecule has 3 fully saturated rings. The van der Waals surface area contributed by atoms with Gasteiger partial charge in [-0.1, -0.05) is 20.8 Å². The standard InChI is InChI=1S/C15H24O2/c1-12(2)7-10(16)8-14(12,4)15-6-5-13(3,17)11(15)9-15/h11,17H,5-9H2,1-4H3. The lowest BCUT2D eigenvalue weighted by Crippen LogP contribution is -2.39. The molecule has 3 saturated carbocycles. The molecule has 0 aliphatic heterocycles. The van der Waals surface area contributed by atoms with E-state index in [1.165, 1.54) is 0 Å². The highest BCUT2D eigenvalue weighted by Crippen LogP contribution is 2.80. The van der Waals surface area contributed by atoms with Crippen molar-refractivity contribution in [3.8, 4) is 0 Å². The summed E-state index contributed by atoms with van der Waals surface area (Å²) in [5.74, 6) is 0.856. The Morgan fingerprint density at radius 2 is 1.76 bits per heavy atom. The first-order valence-corrected chi connectivity index (χ1v) is 6.89. The second kappa shape index (κ2) is 2.79. The second-order valence-corrected chi connectivity index (χ2v) is 7.88. The van der Waals surface area contributed by atoms with Crippen molar-refractivity contribution >= 4 is 5.78 Å². The molecule has 2 nitrogen and oxygen atoms in total. The Balaban J connectivity index is 1.99. The van der Waals surface area contributed by atoms with Crippen LogP contribution in [0.15, 0.2) is 0 Å². The third-order valence-electron chi connectivity index (χ3n) is 6.69. The van der Waals surface area contributed by atoms with Crippen LogP contribution >= 0.6 is 0 Å². The van der Waals surface area contributed by atoms with Gasteiger partial charge in [0.05, 0.1) is 5.60 Å². The highest BCUT2D eigenvalue weighted by molar-refractivity contribution is 5.83. The molecule has 0 spiro atoms. The number of carbonyl (C=O) groups excluding carboxylic acids is 1. The van der Waals surface area contributed by atoms with Crippen molar-refractivity contribution in [2.24, 2.45) is 22.2 Å². The van der Waals surface area contributed by atoms with Gasteiger partial charge in [0.25, 0.3) is 0 Å². The predicted octanol–water partition coefficient (Wildman–Crippen LogP) is 2.93. The van der Waals surface area contributed by atoms with Crippen LogP contribution in [0.4, 0.5) is 0 Å². The highest BCUT2D eigenvalue weighted by Gasteiger charge is 2.76. The number of carbonyl (C=O) groups is 1. The van der Waals surface area contributed by atoms with Crippen LogP contribution in [-0.2, 0) is 4.79 Å². The van der Waals surface area contributed by atoms with E-state index in [0.29, 0.717) is 11.7 Å². The van der Waals surface area contributed by atoms with Crippen LogP contribution in [0.3, 0.4) is 0 Å². The number of fused-ring (bicyclic) bond motifs is 1. The number of ketones is 1. The summed E-state index contributed by atoms with van der Waals surface area (Å²) in [6.07, 6.45) is 4.61. The maximum atomic E-state index is 11.9. The highest BCUT2D eigenvalue weighted by atomic mass is 16.3. The molecule has 0 saturated heterocycles. The fourth-order valence-corrected chi connectivity index (χ4v) is 5.17. The monoisotopic (exact) mass is 236 g/mol. The summed E-state index contributed by atoms with van der Waals surface area (Å²) >= 11 is 0. The Kier molecular flexibility index (Phi) is 1.92. The van der Waals surface area contributed by atoms with Crippen molar-refractivity contribution in [2.45, 2.75) is 65.4 Å². The van der Waals surface area contributed by atoms with Gasteiger partial charge in [-0.05, 0) is 48.3 Å². The SMILES string of the molecule is CC1(O)CCC2(C3(C)CC(=O)CC3(C)C)CC12. The van der Waals surface area contributed by atoms with Gasteiger partial charge in [-0.3, -0.25) is 4.79 Å². The first-order valence-electron chi connectivity index (χ1n) is 6.89. The van der Waals surface area contributed by atoms with Crippen molar-refractivity contribution in [1.82, 2.24) is 0 Å². The number of rotatable bonds is 1. The summed E-state index contributed by atoms with van der Waals surface area (Å²) in [6.45, 7) is 8.78. The van der Waals surface area contributed by atoms with E-state index in [0.717, 1.165) is 32.1 Å². The third-order valence-corrected chi connectivity index (χ3v) is 6.69.